The largest absolute Gasteiger partial charge is 0.507 e. The molecule has 1 amide bonds. The lowest BCUT2D eigenvalue weighted by Gasteiger charge is -2.48. The highest BCUT2D eigenvalue weighted by Crippen LogP contribution is 2.51. The van der Waals surface area contributed by atoms with Crippen molar-refractivity contribution in [3.05, 3.63) is 53.1 Å². The zero-order valence-electron chi connectivity index (χ0n) is 18.4. The molecule has 0 spiro atoms. The van der Waals surface area contributed by atoms with E-state index in [0.717, 1.165) is 0 Å². The number of carbonyl (C=O) groups excluding carboxylic acids is 5. The molecule has 2 aromatic rings. The molecule has 2 unspecified atom stereocenters. The second-order valence-electron chi connectivity index (χ2n) is 9.41. The first-order valence-electron chi connectivity index (χ1n) is 11.1. The number of nitriles is 1. The Morgan fingerprint density at radius 2 is 1.71 bits per heavy atom. The smallest absolute Gasteiger partial charge is 0.235 e. The van der Waals surface area contributed by atoms with Crippen LogP contribution < -0.4 is 5.73 Å². The van der Waals surface area contributed by atoms with Crippen LogP contribution in [0.15, 0.2) is 36.4 Å². The molecule has 2 saturated carbocycles. The number of amides is 1. The molecule has 2 fully saturated rings. The zero-order chi connectivity index (χ0) is 25.2. The summed E-state index contributed by atoms with van der Waals surface area (Å²) in [5.41, 5.74) is 4.78. The molecule has 3 aliphatic rings. The monoisotopic (exact) mass is 472 g/mol. The van der Waals surface area contributed by atoms with Gasteiger partial charge in [0.25, 0.3) is 0 Å². The average molecular weight is 472 g/mol. The van der Waals surface area contributed by atoms with Gasteiger partial charge < -0.3 is 15.9 Å². The molecule has 4 N–H and O–H groups in total. The second-order valence-corrected chi connectivity index (χ2v) is 9.41. The molecular formula is C26H20N2O7. The molecule has 0 saturated heterocycles. The van der Waals surface area contributed by atoms with E-state index in [9.17, 15) is 34.2 Å². The predicted octanol–water partition coefficient (Wildman–Crippen LogP) is 0.866. The fourth-order valence-electron chi connectivity index (χ4n) is 5.96. The Morgan fingerprint density at radius 1 is 1.03 bits per heavy atom. The number of benzene rings is 2. The van der Waals surface area contributed by atoms with Gasteiger partial charge in [-0.1, -0.05) is 18.2 Å². The van der Waals surface area contributed by atoms with Gasteiger partial charge in [0.1, 0.15) is 5.75 Å². The molecule has 0 bridgehead atoms. The summed E-state index contributed by atoms with van der Waals surface area (Å²) in [6.45, 7) is 0. The quantitative estimate of drug-likeness (QED) is 0.539. The number of nitrogens with zero attached hydrogens (tertiary/aromatic N) is 1. The van der Waals surface area contributed by atoms with Crippen LogP contribution in [-0.2, 0) is 25.6 Å². The molecule has 9 nitrogen and oxygen atoms in total. The van der Waals surface area contributed by atoms with Crippen molar-refractivity contribution in [3.8, 4) is 22.9 Å². The third-order valence-corrected chi connectivity index (χ3v) is 7.61. The maximum absolute atomic E-state index is 13.6. The van der Waals surface area contributed by atoms with Gasteiger partial charge in [0.15, 0.2) is 34.7 Å². The van der Waals surface area contributed by atoms with Crippen LogP contribution in [0.5, 0.6) is 5.75 Å². The summed E-state index contributed by atoms with van der Waals surface area (Å²) in [6, 6.07) is 11.7. The fraction of sp³-hybridized carbons (Fsp3) is 0.308. The first-order chi connectivity index (χ1) is 16.6. The lowest BCUT2D eigenvalue weighted by atomic mass is 9.53. The molecule has 0 aliphatic heterocycles. The number of fused-ring (bicyclic) bond motifs is 3. The summed E-state index contributed by atoms with van der Waals surface area (Å²) in [6.07, 6.45) is -0.159. The topological polar surface area (TPSA) is 176 Å². The van der Waals surface area contributed by atoms with Crippen LogP contribution in [0.25, 0.3) is 11.1 Å². The van der Waals surface area contributed by atoms with Crippen molar-refractivity contribution in [2.24, 2.45) is 29.4 Å². The number of aliphatic hydroxyl groups is 1. The van der Waals surface area contributed by atoms with Gasteiger partial charge >= 0.3 is 0 Å². The second kappa shape index (κ2) is 7.68. The number of hydrogen-bond donors (Lipinski definition) is 3. The number of hydrogen-bond acceptors (Lipinski definition) is 8. The summed E-state index contributed by atoms with van der Waals surface area (Å²) in [5, 5.41) is 30.8. The Morgan fingerprint density at radius 3 is 2.34 bits per heavy atom. The van der Waals surface area contributed by atoms with E-state index >= 15 is 0 Å². The summed E-state index contributed by atoms with van der Waals surface area (Å²) >= 11 is 0. The van der Waals surface area contributed by atoms with Crippen LogP contribution in [0.3, 0.4) is 0 Å². The van der Waals surface area contributed by atoms with Gasteiger partial charge in [-0.25, -0.2) is 0 Å². The van der Waals surface area contributed by atoms with E-state index in [1.165, 1.54) is 6.07 Å². The van der Waals surface area contributed by atoms with Crippen LogP contribution >= 0.6 is 0 Å². The van der Waals surface area contributed by atoms with Crippen LogP contribution in [0.2, 0.25) is 0 Å². The standard InChI is InChI=1S/C26H20N2O7/c27-10-11-1-3-12(4-2-11)15-5-6-17(29)20-16(15)8-13-7-14-9-18(30)21(25(28)34)24(33)26(14,35)23(32)19(13)22(20)31/h1-6,13-14,19,21,29,35H,7-9H2,(H2,28,34)/t13-,14+,19?,21?,26+/m1/s1. The number of phenolic OH excluding ortho intramolecular Hbond substituents is 1. The van der Waals surface area contributed by atoms with Crippen molar-refractivity contribution < 1.29 is 34.2 Å². The van der Waals surface area contributed by atoms with Gasteiger partial charge in [-0.15, -0.1) is 0 Å². The van der Waals surface area contributed by atoms with Crippen molar-refractivity contribution in [2.75, 3.05) is 0 Å². The van der Waals surface area contributed by atoms with Crippen LogP contribution in [0.4, 0.5) is 0 Å². The number of ketones is 4. The minimum atomic E-state index is -2.66. The van der Waals surface area contributed by atoms with Crippen molar-refractivity contribution in [1.29, 1.82) is 5.26 Å². The number of primary amides is 1. The lowest BCUT2D eigenvalue weighted by molar-refractivity contribution is -0.175. The van der Waals surface area contributed by atoms with Gasteiger partial charge in [0, 0.05) is 12.3 Å². The Kier molecular flexibility index (Phi) is 4.97. The molecule has 0 radical (unpaired) electrons. The van der Waals surface area contributed by atoms with Crippen molar-refractivity contribution in [2.45, 2.75) is 24.9 Å². The van der Waals surface area contributed by atoms with E-state index in [2.05, 4.69) is 0 Å². The fourth-order valence-corrected chi connectivity index (χ4v) is 5.96. The lowest BCUT2D eigenvalue weighted by Crippen LogP contribution is -2.68. The predicted molar refractivity (Wildman–Crippen MR) is 119 cm³/mol. The number of nitrogens with two attached hydrogens (primary N) is 1. The SMILES string of the molecule is N#Cc1ccc(-c2ccc(O)c3c2C[C@H]2C[C@H]4CC(=O)C(C(N)=O)C(=O)[C@@]4(O)C(=O)C2C3=O)cc1. The van der Waals surface area contributed by atoms with E-state index in [4.69, 9.17) is 11.0 Å². The molecular weight excluding hydrogens is 452 g/mol. The van der Waals surface area contributed by atoms with Crippen molar-refractivity contribution >= 4 is 29.0 Å². The minimum absolute atomic E-state index is 0.0313. The summed E-state index contributed by atoms with van der Waals surface area (Å²) in [5.74, 6) is -10.4. The van der Waals surface area contributed by atoms with Crippen molar-refractivity contribution in [3.63, 3.8) is 0 Å². The van der Waals surface area contributed by atoms with E-state index in [-0.39, 0.29) is 30.6 Å². The molecule has 0 aromatic heterocycles. The molecule has 2 aromatic carbocycles. The Balaban J connectivity index is 1.61. The van der Waals surface area contributed by atoms with E-state index in [1.54, 1.807) is 30.3 Å². The number of rotatable bonds is 2. The molecule has 176 valence electrons. The highest BCUT2D eigenvalue weighted by molar-refractivity contribution is 6.31. The van der Waals surface area contributed by atoms with Gasteiger partial charge in [-0.3, -0.25) is 24.0 Å². The molecule has 35 heavy (non-hydrogen) atoms. The third-order valence-electron chi connectivity index (χ3n) is 7.61. The zero-order valence-corrected chi connectivity index (χ0v) is 18.4. The van der Waals surface area contributed by atoms with Crippen LogP contribution in [-0.4, -0.2) is 44.9 Å². The number of carbonyl (C=O) groups is 5. The van der Waals surface area contributed by atoms with E-state index in [0.29, 0.717) is 22.3 Å². The maximum Gasteiger partial charge on any atom is 0.235 e. The Hall–Kier alpha value is -4.16. The number of phenols is 1. The highest BCUT2D eigenvalue weighted by Gasteiger charge is 2.66. The first-order valence-corrected chi connectivity index (χ1v) is 11.1. The van der Waals surface area contributed by atoms with Crippen LogP contribution in [0.1, 0.15) is 34.3 Å². The summed E-state index contributed by atoms with van der Waals surface area (Å²) in [4.78, 5) is 64.2. The van der Waals surface area contributed by atoms with Gasteiger partial charge in [-0.05, 0) is 53.6 Å². The number of aromatic hydroxyl groups is 1. The minimum Gasteiger partial charge on any atom is -0.507 e. The Bertz CT molecular complexity index is 1390. The van der Waals surface area contributed by atoms with Crippen LogP contribution in [0, 0.1) is 35.0 Å². The molecule has 5 rings (SSSR count). The van der Waals surface area contributed by atoms with Gasteiger partial charge in [0.05, 0.1) is 23.1 Å². The van der Waals surface area contributed by atoms with E-state index in [1.807, 2.05) is 6.07 Å². The molecule has 0 heterocycles. The molecule has 3 aliphatic carbocycles. The molecule has 9 heteroatoms. The third kappa shape index (κ3) is 3.07. The summed E-state index contributed by atoms with van der Waals surface area (Å²) in [7, 11) is 0. The maximum atomic E-state index is 13.6. The normalized spacial score (nSPS) is 29.6. The summed E-state index contributed by atoms with van der Waals surface area (Å²) < 4.78 is 0. The first kappa shape index (κ1) is 22.6. The average Bonchev–Trinajstić information content (AvgIpc) is 2.81. The van der Waals surface area contributed by atoms with Crippen molar-refractivity contribution in [1.82, 2.24) is 0 Å². The Labute approximate surface area is 199 Å². The molecule has 5 atom stereocenters. The number of Topliss-reactive ketones (excluding diaryl/α,β-unsaturated/α-hetero) is 4. The highest BCUT2D eigenvalue weighted by atomic mass is 16.3. The van der Waals surface area contributed by atoms with E-state index < -0.39 is 58.3 Å². The van der Waals surface area contributed by atoms with Gasteiger partial charge in [-0.2, -0.15) is 5.26 Å². The van der Waals surface area contributed by atoms with Gasteiger partial charge in [0.2, 0.25) is 5.91 Å².